The molecule has 0 unspecified atom stereocenters. The summed E-state index contributed by atoms with van der Waals surface area (Å²) in [5.41, 5.74) is 8.80. The van der Waals surface area contributed by atoms with Gasteiger partial charge < -0.3 is 10.6 Å². The first kappa shape index (κ1) is 17.4. The summed E-state index contributed by atoms with van der Waals surface area (Å²) in [6.07, 6.45) is 6.79. The number of thioether (sulfide) groups is 1. The number of benzene rings is 2. The summed E-state index contributed by atoms with van der Waals surface area (Å²) in [6.45, 7) is 0.834. The van der Waals surface area contributed by atoms with Gasteiger partial charge in [-0.1, -0.05) is 35.9 Å². The van der Waals surface area contributed by atoms with Crippen LogP contribution < -0.4 is 5.73 Å². The normalized spacial score (nSPS) is 15.3. The van der Waals surface area contributed by atoms with E-state index in [4.69, 9.17) is 17.3 Å². The molecule has 1 aromatic heterocycles. The van der Waals surface area contributed by atoms with Crippen LogP contribution in [0.4, 0.5) is 0 Å². The van der Waals surface area contributed by atoms with Crippen LogP contribution in [0.3, 0.4) is 0 Å². The number of hydrogen-bond donors (Lipinski definition) is 1. The van der Waals surface area contributed by atoms with Crippen molar-refractivity contribution in [2.45, 2.75) is 12.5 Å². The lowest BCUT2D eigenvalue weighted by atomic mass is 10.1. The highest BCUT2D eigenvalue weighted by atomic mass is 35.5. The summed E-state index contributed by atoms with van der Waals surface area (Å²) in [4.78, 5) is 7.76. The Hall–Kier alpha value is -2.01. The fraction of sp³-hybridized carbons (Fsp3) is 0.190. The molecule has 0 amide bonds. The van der Waals surface area contributed by atoms with Gasteiger partial charge in [0.15, 0.2) is 0 Å². The maximum absolute atomic E-state index is 6.36. The molecule has 132 valence electrons. The Balaban J connectivity index is 1.43. The standard InChI is InChI=1S/C21H20ClN3S/c22-19-3-1-2-15(8-19)9-20(23)12-25-13-21(26-14-25)17-4-5-18-11-24-7-6-16(18)10-17/h1-8,10-11,13,20H,9,12,14,23H2/t20-/m0/s1. The quantitative estimate of drug-likeness (QED) is 0.691. The Kier molecular flexibility index (Phi) is 5.16. The molecular weight excluding hydrogens is 362 g/mol. The van der Waals surface area contributed by atoms with Crippen molar-refractivity contribution in [2.24, 2.45) is 5.73 Å². The minimum absolute atomic E-state index is 0.0762. The molecule has 0 fully saturated rings. The van der Waals surface area contributed by atoms with Crippen LogP contribution in [0.1, 0.15) is 11.1 Å². The molecule has 0 saturated carbocycles. The van der Waals surface area contributed by atoms with E-state index in [1.165, 1.54) is 26.8 Å². The summed E-state index contributed by atoms with van der Waals surface area (Å²) >= 11 is 7.92. The lowest BCUT2D eigenvalue weighted by molar-refractivity contribution is 0.402. The minimum Gasteiger partial charge on any atom is -0.365 e. The predicted molar refractivity (Wildman–Crippen MR) is 112 cm³/mol. The fourth-order valence-electron chi connectivity index (χ4n) is 3.23. The first-order chi connectivity index (χ1) is 12.7. The zero-order valence-corrected chi connectivity index (χ0v) is 15.9. The number of halogens is 1. The molecule has 0 radical (unpaired) electrons. The Morgan fingerprint density at radius 2 is 2.08 bits per heavy atom. The zero-order chi connectivity index (χ0) is 17.9. The van der Waals surface area contributed by atoms with E-state index in [-0.39, 0.29) is 6.04 Å². The van der Waals surface area contributed by atoms with E-state index in [1.54, 1.807) is 0 Å². The Morgan fingerprint density at radius 1 is 1.15 bits per heavy atom. The van der Waals surface area contributed by atoms with Gasteiger partial charge in [0.2, 0.25) is 0 Å². The first-order valence-electron chi connectivity index (χ1n) is 8.60. The van der Waals surface area contributed by atoms with Gasteiger partial charge in [-0.15, -0.1) is 11.8 Å². The Labute approximate surface area is 162 Å². The molecule has 0 spiro atoms. The molecule has 2 N–H and O–H groups in total. The number of nitrogens with zero attached hydrogens (tertiary/aromatic N) is 2. The zero-order valence-electron chi connectivity index (χ0n) is 14.3. The summed E-state index contributed by atoms with van der Waals surface area (Å²) < 4.78 is 0. The van der Waals surface area contributed by atoms with E-state index in [2.05, 4.69) is 46.4 Å². The molecular formula is C21H20ClN3S. The molecule has 2 heterocycles. The summed E-state index contributed by atoms with van der Waals surface area (Å²) in [5.74, 6) is 0.937. The molecule has 3 nitrogen and oxygen atoms in total. The second-order valence-corrected chi connectivity index (χ2v) is 7.99. The largest absolute Gasteiger partial charge is 0.365 e. The van der Waals surface area contributed by atoms with Crippen molar-refractivity contribution < 1.29 is 0 Å². The summed E-state index contributed by atoms with van der Waals surface area (Å²) in [7, 11) is 0. The number of fused-ring (bicyclic) bond motifs is 1. The van der Waals surface area contributed by atoms with Crippen molar-refractivity contribution in [1.29, 1.82) is 0 Å². The van der Waals surface area contributed by atoms with Crippen LogP contribution in [-0.4, -0.2) is 28.3 Å². The van der Waals surface area contributed by atoms with Gasteiger partial charge in [0.1, 0.15) is 0 Å². The minimum atomic E-state index is 0.0762. The average Bonchev–Trinajstić information content (AvgIpc) is 3.09. The topological polar surface area (TPSA) is 42.1 Å². The summed E-state index contributed by atoms with van der Waals surface area (Å²) in [5, 5.41) is 3.15. The Bertz CT molecular complexity index is 957. The third-order valence-corrected chi connectivity index (χ3v) is 5.81. The summed E-state index contributed by atoms with van der Waals surface area (Å²) in [6, 6.07) is 16.6. The van der Waals surface area contributed by atoms with E-state index >= 15 is 0 Å². The van der Waals surface area contributed by atoms with E-state index in [9.17, 15) is 0 Å². The molecule has 0 aliphatic carbocycles. The molecule has 1 aliphatic heterocycles. The van der Waals surface area contributed by atoms with Crippen LogP contribution in [0.15, 0.2) is 67.1 Å². The van der Waals surface area contributed by atoms with Crippen LogP contribution in [-0.2, 0) is 6.42 Å². The molecule has 26 heavy (non-hydrogen) atoms. The molecule has 4 rings (SSSR count). The van der Waals surface area contributed by atoms with Gasteiger partial charge >= 0.3 is 0 Å². The highest BCUT2D eigenvalue weighted by Gasteiger charge is 2.17. The van der Waals surface area contributed by atoms with Crippen LogP contribution in [0, 0.1) is 0 Å². The molecule has 5 heteroatoms. The van der Waals surface area contributed by atoms with Gasteiger partial charge in [-0.3, -0.25) is 4.98 Å². The SMILES string of the molecule is N[C@@H](Cc1cccc(Cl)c1)CN1C=C(c2ccc3cnccc3c2)SC1. The van der Waals surface area contributed by atoms with E-state index in [0.717, 1.165) is 23.9 Å². The van der Waals surface area contributed by atoms with Crippen LogP contribution in [0.5, 0.6) is 0 Å². The number of rotatable bonds is 5. The van der Waals surface area contributed by atoms with Gasteiger partial charge in [-0.05, 0) is 47.2 Å². The number of nitrogens with two attached hydrogens (primary N) is 1. The van der Waals surface area contributed by atoms with Crippen molar-refractivity contribution in [2.75, 3.05) is 12.4 Å². The Morgan fingerprint density at radius 3 is 2.96 bits per heavy atom. The molecule has 0 saturated heterocycles. The second kappa shape index (κ2) is 7.70. The number of aromatic nitrogens is 1. The third kappa shape index (κ3) is 4.04. The van der Waals surface area contributed by atoms with Crippen molar-refractivity contribution >= 4 is 39.0 Å². The van der Waals surface area contributed by atoms with E-state index < -0.39 is 0 Å². The highest BCUT2D eigenvalue weighted by Crippen LogP contribution is 2.35. The maximum atomic E-state index is 6.36. The van der Waals surface area contributed by atoms with Crippen molar-refractivity contribution in [1.82, 2.24) is 9.88 Å². The van der Waals surface area contributed by atoms with Crippen LogP contribution in [0.25, 0.3) is 15.7 Å². The molecule has 1 aliphatic rings. The van der Waals surface area contributed by atoms with Crippen molar-refractivity contribution in [3.05, 3.63) is 83.3 Å². The van der Waals surface area contributed by atoms with Gasteiger partial charge in [-0.25, -0.2) is 0 Å². The van der Waals surface area contributed by atoms with Gasteiger partial charge in [0.25, 0.3) is 0 Å². The molecule has 3 aromatic rings. The van der Waals surface area contributed by atoms with Crippen LogP contribution >= 0.6 is 23.4 Å². The van der Waals surface area contributed by atoms with E-state index in [0.29, 0.717) is 0 Å². The lowest BCUT2D eigenvalue weighted by Crippen LogP contribution is -2.35. The molecule has 2 aromatic carbocycles. The molecule has 0 bridgehead atoms. The van der Waals surface area contributed by atoms with Crippen LogP contribution in [0.2, 0.25) is 5.02 Å². The fourth-order valence-corrected chi connectivity index (χ4v) is 4.44. The predicted octanol–water partition coefficient (Wildman–Crippen LogP) is 4.76. The van der Waals surface area contributed by atoms with Gasteiger partial charge in [-0.2, -0.15) is 0 Å². The van der Waals surface area contributed by atoms with Crippen molar-refractivity contribution in [3.8, 4) is 0 Å². The van der Waals surface area contributed by atoms with Gasteiger partial charge in [0, 0.05) is 46.5 Å². The third-order valence-electron chi connectivity index (χ3n) is 4.47. The van der Waals surface area contributed by atoms with E-state index in [1.807, 2.05) is 42.4 Å². The smallest absolute Gasteiger partial charge is 0.0682 e. The average molecular weight is 382 g/mol. The lowest BCUT2D eigenvalue weighted by Gasteiger charge is -2.20. The number of hydrogen-bond acceptors (Lipinski definition) is 4. The van der Waals surface area contributed by atoms with Gasteiger partial charge in [0.05, 0.1) is 5.88 Å². The first-order valence-corrected chi connectivity index (χ1v) is 9.96. The maximum Gasteiger partial charge on any atom is 0.0682 e. The second-order valence-electron chi connectivity index (χ2n) is 6.57. The monoisotopic (exact) mass is 381 g/mol. The molecule has 1 atom stereocenters. The van der Waals surface area contributed by atoms with Crippen molar-refractivity contribution in [3.63, 3.8) is 0 Å². The number of pyridine rings is 1. The highest BCUT2D eigenvalue weighted by molar-refractivity contribution is 8.08.